The Hall–Kier alpha value is -3.80. The molecule has 0 N–H and O–H groups in total. The molecule has 0 unspecified atom stereocenters. The van der Waals surface area contributed by atoms with Gasteiger partial charge in [0.1, 0.15) is 23.7 Å². The van der Waals surface area contributed by atoms with Crippen molar-refractivity contribution in [3.8, 4) is 11.5 Å². The van der Waals surface area contributed by atoms with Gasteiger partial charge >= 0.3 is 5.63 Å². The minimum absolute atomic E-state index is 0.112. The molecule has 0 amide bonds. The first-order valence-electron chi connectivity index (χ1n) is 8.95. The average molecular weight is 389 g/mol. The first-order chi connectivity index (χ1) is 14.0. The van der Waals surface area contributed by atoms with Crippen molar-refractivity contribution in [2.45, 2.75) is 13.5 Å². The number of carbonyl (C=O) groups excluding carboxylic acids is 1. The zero-order chi connectivity index (χ0) is 20.5. The Morgan fingerprint density at radius 2 is 1.72 bits per heavy atom. The highest BCUT2D eigenvalue weighted by Crippen LogP contribution is 2.32. The van der Waals surface area contributed by atoms with E-state index in [1.54, 1.807) is 31.4 Å². The van der Waals surface area contributed by atoms with Crippen molar-refractivity contribution >= 4 is 27.7 Å². The lowest BCUT2D eigenvalue weighted by molar-refractivity contribution is -0.255. The average Bonchev–Trinajstić information content (AvgIpc) is 2.74. The maximum atomic E-state index is 12.5. The summed E-state index contributed by atoms with van der Waals surface area (Å²) < 4.78 is 16.6. The van der Waals surface area contributed by atoms with Crippen molar-refractivity contribution in [3.63, 3.8) is 0 Å². The zero-order valence-electron chi connectivity index (χ0n) is 15.9. The van der Waals surface area contributed by atoms with Gasteiger partial charge in [0.05, 0.1) is 18.5 Å². The van der Waals surface area contributed by atoms with E-state index >= 15 is 0 Å². The molecule has 1 aromatic heterocycles. The predicted molar refractivity (Wildman–Crippen MR) is 106 cm³/mol. The Bertz CT molecular complexity index is 1280. The summed E-state index contributed by atoms with van der Waals surface area (Å²) in [5.74, 6) is -0.0503. The van der Waals surface area contributed by atoms with Crippen molar-refractivity contribution in [2.24, 2.45) is 0 Å². The number of ether oxygens (including phenoxy) is 2. The SMILES string of the molecule is COc1ccc2c(c1)c(=O)oc1c(C)c(OCc3ccc(C(=O)[O-])cc3)ccc12. The Labute approximate surface area is 165 Å². The number of methoxy groups -OCH3 is 1. The summed E-state index contributed by atoms with van der Waals surface area (Å²) in [5.41, 5.74) is 1.66. The van der Waals surface area contributed by atoms with Crippen molar-refractivity contribution in [1.82, 2.24) is 0 Å². The molecular weight excluding hydrogens is 372 g/mol. The van der Waals surface area contributed by atoms with Gasteiger partial charge in [-0.05, 0) is 48.4 Å². The van der Waals surface area contributed by atoms with Crippen LogP contribution in [-0.4, -0.2) is 13.1 Å². The number of benzene rings is 3. The maximum absolute atomic E-state index is 12.5. The predicted octanol–water partition coefficient (Wildman–Crippen LogP) is 3.21. The lowest BCUT2D eigenvalue weighted by Crippen LogP contribution is -2.22. The van der Waals surface area contributed by atoms with Crippen LogP contribution in [0, 0.1) is 6.92 Å². The molecule has 3 aromatic carbocycles. The second-order valence-corrected chi connectivity index (χ2v) is 6.64. The number of aryl methyl sites for hydroxylation is 1. The summed E-state index contributed by atoms with van der Waals surface area (Å²) in [6, 6.07) is 15.3. The second kappa shape index (κ2) is 7.31. The molecule has 0 aliphatic rings. The molecule has 0 radical (unpaired) electrons. The van der Waals surface area contributed by atoms with E-state index in [2.05, 4.69) is 0 Å². The minimum Gasteiger partial charge on any atom is -0.545 e. The third-order valence-electron chi connectivity index (χ3n) is 4.87. The molecule has 29 heavy (non-hydrogen) atoms. The summed E-state index contributed by atoms with van der Waals surface area (Å²) in [7, 11) is 1.55. The van der Waals surface area contributed by atoms with E-state index in [0.29, 0.717) is 28.0 Å². The monoisotopic (exact) mass is 389 g/mol. The lowest BCUT2D eigenvalue weighted by atomic mass is 10.0. The third kappa shape index (κ3) is 3.40. The van der Waals surface area contributed by atoms with Crippen LogP contribution in [0.25, 0.3) is 21.7 Å². The molecular formula is C23H17O6-. The summed E-state index contributed by atoms with van der Waals surface area (Å²) in [4.78, 5) is 23.3. The normalized spacial score (nSPS) is 11.0. The van der Waals surface area contributed by atoms with Gasteiger partial charge in [-0.3, -0.25) is 0 Å². The molecule has 0 saturated carbocycles. The van der Waals surface area contributed by atoms with Gasteiger partial charge in [-0.15, -0.1) is 0 Å². The fourth-order valence-electron chi connectivity index (χ4n) is 3.27. The molecule has 0 fully saturated rings. The van der Waals surface area contributed by atoms with Crippen LogP contribution in [-0.2, 0) is 6.61 Å². The van der Waals surface area contributed by atoms with Gasteiger partial charge in [0, 0.05) is 16.3 Å². The Kier molecular flexibility index (Phi) is 4.68. The summed E-state index contributed by atoms with van der Waals surface area (Å²) in [6.07, 6.45) is 0. The molecule has 6 nitrogen and oxygen atoms in total. The number of fused-ring (bicyclic) bond motifs is 3. The highest BCUT2D eigenvalue weighted by molar-refractivity contribution is 6.06. The third-order valence-corrected chi connectivity index (χ3v) is 4.87. The van der Waals surface area contributed by atoms with E-state index in [-0.39, 0.29) is 12.2 Å². The maximum Gasteiger partial charge on any atom is 0.344 e. The van der Waals surface area contributed by atoms with Gasteiger partial charge < -0.3 is 23.8 Å². The van der Waals surface area contributed by atoms with Crippen LogP contribution >= 0.6 is 0 Å². The fraction of sp³-hybridized carbons (Fsp3) is 0.130. The molecule has 0 aliphatic carbocycles. The van der Waals surface area contributed by atoms with E-state index in [1.807, 2.05) is 25.1 Å². The Morgan fingerprint density at radius 1 is 1.00 bits per heavy atom. The number of carboxylic acids is 1. The van der Waals surface area contributed by atoms with Gasteiger partial charge in [0.15, 0.2) is 0 Å². The van der Waals surface area contributed by atoms with Crippen LogP contribution in [0.15, 0.2) is 63.8 Å². The van der Waals surface area contributed by atoms with Crippen LogP contribution in [0.4, 0.5) is 0 Å². The van der Waals surface area contributed by atoms with Gasteiger partial charge in [-0.25, -0.2) is 4.79 Å². The Balaban J connectivity index is 1.69. The van der Waals surface area contributed by atoms with Gasteiger partial charge in [-0.2, -0.15) is 0 Å². The number of carboxylic acid groups (broad SMARTS) is 1. The van der Waals surface area contributed by atoms with Crippen LogP contribution in [0.1, 0.15) is 21.5 Å². The Morgan fingerprint density at radius 3 is 2.41 bits per heavy atom. The summed E-state index contributed by atoms with van der Waals surface area (Å²) in [5, 5.41) is 12.9. The molecule has 1 heterocycles. The van der Waals surface area contributed by atoms with Crippen molar-refractivity contribution < 1.29 is 23.8 Å². The highest BCUT2D eigenvalue weighted by atomic mass is 16.5. The van der Waals surface area contributed by atoms with E-state index in [1.165, 1.54) is 12.1 Å². The van der Waals surface area contributed by atoms with Crippen molar-refractivity contribution in [1.29, 1.82) is 0 Å². The number of carbonyl (C=O) groups is 1. The van der Waals surface area contributed by atoms with E-state index in [0.717, 1.165) is 16.3 Å². The highest BCUT2D eigenvalue weighted by Gasteiger charge is 2.13. The van der Waals surface area contributed by atoms with Gasteiger partial charge in [0.2, 0.25) is 0 Å². The van der Waals surface area contributed by atoms with E-state index in [9.17, 15) is 14.7 Å². The molecule has 146 valence electrons. The molecule has 0 saturated heterocycles. The fourth-order valence-corrected chi connectivity index (χ4v) is 3.27. The summed E-state index contributed by atoms with van der Waals surface area (Å²) >= 11 is 0. The summed E-state index contributed by atoms with van der Waals surface area (Å²) in [6.45, 7) is 2.07. The topological polar surface area (TPSA) is 88.8 Å². The molecule has 4 rings (SSSR count). The molecule has 0 aliphatic heterocycles. The van der Waals surface area contributed by atoms with Crippen molar-refractivity contribution in [2.75, 3.05) is 7.11 Å². The molecule has 0 atom stereocenters. The molecule has 0 spiro atoms. The molecule has 0 bridgehead atoms. The first-order valence-corrected chi connectivity index (χ1v) is 8.95. The van der Waals surface area contributed by atoms with Crippen LogP contribution in [0.3, 0.4) is 0 Å². The number of hydrogen-bond acceptors (Lipinski definition) is 6. The van der Waals surface area contributed by atoms with Crippen LogP contribution in [0.2, 0.25) is 0 Å². The van der Waals surface area contributed by atoms with Crippen LogP contribution < -0.4 is 20.2 Å². The second-order valence-electron chi connectivity index (χ2n) is 6.64. The molecule has 4 aromatic rings. The molecule has 6 heteroatoms. The zero-order valence-corrected chi connectivity index (χ0v) is 15.9. The van der Waals surface area contributed by atoms with E-state index < -0.39 is 11.6 Å². The number of rotatable bonds is 5. The largest absolute Gasteiger partial charge is 0.545 e. The lowest BCUT2D eigenvalue weighted by Gasteiger charge is -2.12. The standard InChI is InChI=1S/C23H18O6/c1-13-20(28-12-14-3-5-15(6-4-14)22(24)25)10-9-18-17-8-7-16(27-2)11-19(17)23(26)29-21(13)18/h3-11H,12H2,1-2H3,(H,24,25)/p-1. The number of hydrogen-bond donors (Lipinski definition) is 0. The van der Waals surface area contributed by atoms with E-state index in [4.69, 9.17) is 13.9 Å². The smallest absolute Gasteiger partial charge is 0.344 e. The van der Waals surface area contributed by atoms with Gasteiger partial charge in [-0.1, -0.05) is 24.3 Å². The van der Waals surface area contributed by atoms with Gasteiger partial charge in [0.25, 0.3) is 0 Å². The minimum atomic E-state index is -1.22. The quantitative estimate of drug-likeness (QED) is 0.385. The first kappa shape index (κ1) is 18.6. The van der Waals surface area contributed by atoms with Crippen LogP contribution in [0.5, 0.6) is 11.5 Å². The number of aromatic carboxylic acids is 1. The van der Waals surface area contributed by atoms with Crippen molar-refractivity contribution in [3.05, 3.63) is 81.7 Å².